The second-order valence-corrected chi connectivity index (χ2v) is 37.0. The number of hydrogen-bond donors (Lipinski definition) is 1. The van der Waals surface area contributed by atoms with E-state index in [0.29, 0.717) is 121 Å². The molecule has 0 bridgehead atoms. The number of rotatable bonds is 44. The molecule has 5 amide bonds. The fraction of sp³-hybridized carbons (Fsp3) is 0.354. The Labute approximate surface area is 872 Å². The minimum Gasteiger partial charge on any atom is -0.492 e. The molecule has 0 aliphatic rings. The number of hydrogen-bond acceptors (Lipinski definition) is 18. The topological polar surface area (TPSA) is 286 Å². The standard InChI is InChI=1S/C28H41N5O3.C25H21F5N4O.C22H27BrN4O.C20H21FN4O.C18H19FN4O/c1-5-16-33-26(31-25-11-7-14-30-27(25)33)21-32(17-12-22(2)3)28(34)23-9-6-10-24(20-23)36-19-15-29-13-8-18-35-4;1-2-13-34-21(32-20-7-4-12-31-23(20)34)15-33(14-16-8-10-17(26)11-9-16)24(35)22-18(25(28,29)30)5-3-6-19(22)27;1-3-5-6-14-26(22(28)17-9-7-10-18(23)15-17)16-20-25-19-11-8-12-24-21(19)27(20)13-4-2;1-3-11-24(20(26)15-7-5-8-16(21)13-15)14-18-23-17-9-6-10-22-19(17)25(18)12-4-2;1-3-10-23-16(21-15-8-5-9-20-17(15)23)12-22(2)18(24)13-6-4-7-14(19)11-13/h6-7,9-11,14,20,22,29H,5,8,12-13,15-19,21H2,1-4H3;3-12H,2,13-15H2,1H3;7-12,15H,3-6,13-14,16H2,1-2H3;3,5-10,13H,1,4,11-12,14H2,2H3;4-9,11H,3,10,12H2,1-2H3. The third-order valence-electron chi connectivity index (χ3n) is 24.1. The van der Waals surface area contributed by atoms with E-state index in [4.69, 9.17) is 19.4 Å². The highest BCUT2D eigenvalue weighted by Crippen LogP contribution is 2.36. The Balaban J connectivity index is 0.000000167. The summed E-state index contributed by atoms with van der Waals surface area (Å²) >= 11 is 3.47. The van der Waals surface area contributed by atoms with Crippen LogP contribution in [0.4, 0.5) is 30.7 Å². The van der Waals surface area contributed by atoms with Crippen molar-refractivity contribution in [2.24, 2.45) is 5.92 Å². The summed E-state index contributed by atoms with van der Waals surface area (Å²) in [7, 11) is 3.40. The Morgan fingerprint density at radius 3 is 1.24 bits per heavy atom. The number of pyridine rings is 5. The quantitative estimate of drug-likeness (QED) is 0.0211. The highest BCUT2D eigenvalue weighted by Gasteiger charge is 2.39. The number of aromatic nitrogens is 15. The molecule has 36 heteroatoms. The molecule has 0 radical (unpaired) electrons. The van der Waals surface area contributed by atoms with Gasteiger partial charge in [-0.25, -0.2) is 67.4 Å². The maximum atomic E-state index is 14.7. The third kappa shape index (κ3) is 31.2. The van der Waals surface area contributed by atoms with Crippen LogP contribution >= 0.6 is 15.9 Å². The molecule has 0 aliphatic carbocycles. The van der Waals surface area contributed by atoms with Crippen molar-refractivity contribution in [3.63, 3.8) is 0 Å². The van der Waals surface area contributed by atoms with Crippen molar-refractivity contribution in [1.82, 2.24) is 102 Å². The number of nitrogens with zero attached hydrogens (tertiary/aromatic N) is 20. The summed E-state index contributed by atoms with van der Waals surface area (Å²) in [6.45, 7) is 30.2. The van der Waals surface area contributed by atoms with Gasteiger partial charge in [-0.2, -0.15) is 13.2 Å². The molecule has 784 valence electrons. The van der Waals surface area contributed by atoms with Gasteiger partial charge in [-0.15, -0.1) is 6.58 Å². The molecule has 0 aliphatic heterocycles. The molecule has 1 N–H and O–H groups in total. The molecule has 6 aromatic carbocycles. The van der Waals surface area contributed by atoms with Crippen LogP contribution in [0.25, 0.3) is 55.8 Å². The monoisotopic (exact) mass is 2100 g/mol. The van der Waals surface area contributed by atoms with Gasteiger partial charge >= 0.3 is 6.18 Å². The van der Waals surface area contributed by atoms with Crippen LogP contribution in [-0.2, 0) is 82.9 Å². The van der Waals surface area contributed by atoms with Crippen molar-refractivity contribution in [3.8, 4) is 5.75 Å². The number of amides is 5. The minimum absolute atomic E-state index is 0.0122. The number of unbranched alkanes of at least 4 members (excludes halogenated alkanes) is 2. The average molecular weight is 2110 g/mol. The maximum absolute atomic E-state index is 14.7. The molecule has 149 heavy (non-hydrogen) atoms. The van der Waals surface area contributed by atoms with Crippen LogP contribution in [0, 0.1) is 29.2 Å². The van der Waals surface area contributed by atoms with Gasteiger partial charge in [0.2, 0.25) is 0 Å². The SMILES string of the molecule is C=CCN(Cc1nc2cccnc2n1CCC)C(=O)c1cccc(F)c1.CCCCCN(Cc1nc2cccnc2n1CCC)C(=O)c1cccc(Br)c1.CCCn1c(CN(C)C(=O)c2cccc(F)c2)nc2cccnc21.CCCn1c(CN(CCC(C)C)C(=O)c2cccc(OCCNCCCOC)c2)nc2cccnc21.CCCn1c(CN(Cc2ccc(F)cc2)C(=O)c2c(F)cccc2C(F)(F)F)nc2cccnc21. The second kappa shape index (κ2) is 56.4. The first-order chi connectivity index (χ1) is 72.1. The predicted octanol–water partition coefficient (Wildman–Crippen LogP) is 23.0. The van der Waals surface area contributed by atoms with E-state index in [1.807, 2.05) is 123 Å². The molecule has 0 unspecified atom stereocenters. The lowest BCUT2D eigenvalue weighted by Crippen LogP contribution is -2.33. The van der Waals surface area contributed by atoms with Crippen molar-refractivity contribution in [1.29, 1.82) is 0 Å². The van der Waals surface area contributed by atoms with Crippen LogP contribution in [0.3, 0.4) is 0 Å². The smallest absolute Gasteiger partial charge is 0.417 e. The molecular weight excluding hydrogens is 1980 g/mol. The molecule has 0 spiro atoms. The Kier molecular flexibility index (Phi) is 42.8. The lowest BCUT2D eigenvalue weighted by atomic mass is 10.0. The Morgan fingerprint density at radius 1 is 0.416 bits per heavy atom. The van der Waals surface area contributed by atoms with Crippen LogP contribution in [0.15, 0.2) is 248 Å². The van der Waals surface area contributed by atoms with Gasteiger partial charge in [-0.05, 0) is 227 Å². The summed E-state index contributed by atoms with van der Waals surface area (Å²) < 4.78 is 118. The molecule has 16 rings (SSSR count). The average Bonchev–Trinajstić information content (AvgIpc) is 1.72. The molecule has 10 heterocycles. The molecule has 10 aromatic heterocycles. The third-order valence-corrected chi connectivity index (χ3v) is 24.6. The Bertz CT molecular complexity index is 7110. The van der Waals surface area contributed by atoms with Gasteiger partial charge < -0.3 is 62.1 Å². The fourth-order valence-corrected chi connectivity index (χ4v) is 17.3. The largest absolute Gasteiger partial charge is 0.492 e. The summed E-state index contributed by atoms with van der Waals surface area (Å²) in [6.07, 6.45) is 15.0. The van der Waals surface area contributed by atoms with Crippen LogP contribution in [0.2, 0.25) is 0 Å². The molecule has 0 saturated heterocycles. The minimum atomic E-state index is -4.94. The molecule has 0 fully saturated rings. The predicted molar refractivity (Wildman–Crippen MR) is 568 cm³/mol. The Morgan fingerprint density at radius 2 is 0.819 bits per heavy atom. The summed E-state index contributed by atoms with van der Waals surface area (Å²) in [6, 6.07) is 52.8. The number of imidazole rings is 5. The van der Waals surface area contributed by atoms with E-state index in [0.717, 1.165) is 200 Å². The van der Waals surface area contributed by atoms with E-state index in [1.54, 1.807) is 89.9 Å². The maximum Gasteiger partial charge on any atom is 0.417 e. The molecule has 0 saturated carbocycles. The van der Waals surface area contributed by atoms with Gasteiger partial charge in [0.1, 0.15) is 92.3 Å². The van der Waals surface area contributed by atoms with E-state index in [9.17, 15) is 54.7 Å². The zero-order valence-corrected chi connectivity index (χ0v) is 87.5. The van der Waals surface area contributed by atoms with Crippen molar-refractivity contribution in [2.75, 3.05) is 60.1 Å². The lowest BCUT2D eigenvalue weighted by molar-refractivity contribution is -0.138. The van der Waals surface area contributed by atoms with Crippen LogP contribution < -0.4 is 10.1 Å². The van der Waals surface area contributed by atoms with Crippen LogP contribution in [0.5, 0.6) is 5.75 Å². The fourth-order valence-electron chi connectivity index (χ4n) is 16.9. The highest BCUT2D eigenvalue weighted by molar-refractivity contribution is 9.10. The van der Waals surface area contributed by atoms with Crippen LogP contribution in [0.1, 0.15) is 212 Å². The van der Waals surface area contributed by atoms with Gasteiger partial charge in [0, 0.05) is 144 Å². The van der Waals surface area contributed by atoms with E-state index < -0.39 is 46.5 Å². The van der Waals surface area contributed by atoms with E-state index in [1.165, 1.54) is 60.7 Å². The van der Waals surface area contributed by atoms with Crippen molar-refractivity contribution < 1.29 is 64.2 Å². The summed E-state index contributed by atoms with van der Waals surface area (Å²) in [4.78, 5) is 119. The van der Waals surface area contributed by atoms with Crippen molar-refractivity contribution in [3.05, 3.63) is 340 Å². The van der Waals surface area contributed by atoms with E-state index in [2.05, 4.69) is 125 Å². The van der Waals surface area contributed by atoms with Crippen LogP contribution in [-0.4, -0.2) is 187 Å². The number of carbonyl (C=O) groups is 5. The summed E-state index contributed by atoms with van der Waals surface area (Å²) in [5, 5.41) is 3.33. The number of carbonyl (C=O) groups excluding carboxylic acids is 5. The van der Waals surface area contributed by atoms with Gasteiger partial charge in [-0.1, -0.05) is 133 Å². The number of aryl methyl sites for hydroxylation is 5. The van der Waals surface area contributed by atoms with Gasteiger partial charge in [0.15, 0.2) is 28.2 Å². The van der Waals surface area contributed by atoms with Crippen molar-refractivity contribution in [2.45, 2.75) is 198 Å². The first-order valence-corrected chi connectivity index (χ1v) is 51.2. The molecular formula is C113H129BrF7N21O7. The van der Waals surface area contributed by atoms with Crippen molar-refractivity contribution >= 4 is 101 Å². The molecule has 0 atom stereocenters. The number of alkyl halides is 3. The normalized spacial score (nSPS) is 11.2. The summed E-state index contributed by atoms with van der Waals surface area (Å²) in [5.41, 5.74) is 7.86. The number of ether oxygens (including phenoxy) is 2. The van der Waals surface area contributed by atoms with E-state index >= 15 is 0 Å². The molecule has 16 aromatic rings. The zero-order chi connectivity index (χ0) is 106. The van der Waals surface area contributed by atoms with Gasteiger partial charge in [0.05, 0.1) is 43.9 Å². The number of halogens is 8. The second-order valence-electron chi connectivity index (χ2n) is 36.1. The molecule has 28 nitrogen and oxygen atoms in total. The highest BCUT2D eigenvalue weighted by atomic mass is 79.9. The Hall–Kier alpha value is -14.8. The first kappa shape index (κ1) is 113. The van der Waals surface area contributed by atoms with Gasteiger partial charge in [-0.3, -0.25) is 24.0 Å². The number of nitrogens with one attached hydrogen (secondary N) is 1. The number of fused-ring (bicyclic) bond motifs is 5. The van der Waals surface area contributed by atoms with E-state index in [-0.39, 0.29) is 36.7 Å². The number of methoxy groups -OCH3 is 1. The summed E-state index contributed by atoms with van der Waals surface area (Å²) in [5.74, 6) is 0.626. The first-order valence-electron chi connectivity index (χ1n) is 50.4. The van der Waals surface area contributed by atoms with Gasteiger partial charge in [0.25, 0.3) is 29.5 Å². The zero-order valence-electron chi connectivity index (χ0n) is 85.9. The number of benzene rings is 6. The lowest BCUT2D eigenvalue weighted by Gasteiger charge is -2.25.